The second kappa shape index (κ2) is 5.70. The molecular weight excluding hydrogens is 261 g/mol. The molecule has 0 atom stereocenters. The van der Waals surface area contributed by atoms with Crippen molar-refractivity contribution < 1.29 is 36.2 Å². The van der Waals surface area contributed by atoms with Crippen molar-refractivity contribution in [2.75, 3.05) is 18.5 Å². The standard InChI is InChI=1S/C7H9F6O2P/c8-6(9,10)3-16(2-1-5(14)15)4-7(11,12)13/h1-4H2,(H,14,15). The molecule has 0 heterocycles. The number of halogens is 6. The minimum atomic E-state index is -4.69. The maximum atomic E-state index is 11.9. The van der Waals surface area contributed by atoms with Crippen LogP contribution in [-0.4, -0.2) is 41.9 Å². The van der Waals surface area contributed by atoms with E-state index in [1.807, 2.05) is 0 Å². The Bertz CT molecular complexity index is 220. The smallest absolute Gasteiger partial charge is 0.392 e. The fraction of sp³-hybridized carbons (Fsp3) is 0.857. The average Bonchev–Trinajstić information content (AvgIpc) is 1.93. The maximum Gasteiger partial charge on any atom is 0.392 e. The van der Waals surface area contributed by atoms with Crippen LogP contribution in [0.5, 0.6) is 0 Å². The van der Waals surface area contributed by atoms with Gasteiger partial charge in [-0.1, -0.05) is 7.92 Å². The van der Waals surface area contributed by atoms with Crippen LogP contribution in [0.2, 0.25) is 0 Å². The number of aliphatic carboxylic acids is 1. The van der Waals surface area contributed by atoms with Crippen LogP contribution in [0, 0.1) is 0 Å². The summed E-state index contributed by atoms with van der Waals surface area (Å²) in [6.07, 6.45) is -13.7. The summed E-state index contributed by atoms with van der Waals surface area (Å²) >= 11 is 0. The van der Waals surface area contributed by atoms with Crippen molar-refractivity contribution >= 4 is 13.9 Å². The number of hydrogen-bond acceptors (Lipinski definition) is 1. The molecule has 0 aromatic heterocycles. The maximum absolute atomic E-state index is 11.9. The predicted molar refractivity (Wildman–Crippen MR) is 45.9 cm³/mol. The monoisotopic (exact) mass is 270 g/mol. The van der Waals surface area contributed by atoms with Crippen molar-refractivity contribution in [3.05, 3.63) is 0 Å². The lowest BCUT2D eigenvalue weighted by Crippen LogP contribution is -2.21. The van der Waals surface area contributed by atoms with Gasteiger partial charge in [-0.25, -0.2) is 0 Å². The molecule has 0 amide bonds. The molecule has 0 bridgehead atoms. The highest BCUT2D eigenvalue weighted by Gasteiger charge is 2.38. The van der Waals surface area contributed by atoms with Crippen LogP contribution in [0.15, 0.2) is 0 Å². The molecule has 16 heavy (non-hydrogen) atoms. The van der Waals surface area contributed by atoms with Gasteiger partial charge in [-0.15, -0.1) is 0 Å². The van der Waals surface area contributed by atoms with E-state index in [0.29, 0.717) is 0 Å². The van der Waals surface area contributed by atoms with E-state index in [1.165, 1.54) is 0 Å². The van der Waals surface area contributed by atoms with Gasteiger partial charge in [0, 0.05) is 6.42 Å². The van der Waals surface area contributed by atoms with Gasteiger partial charge in [-0.2, -0.15) is 26.3 Å². The molecule has 0 spiro atoms. The third kappa shape index (κ3) is 10.0. The van der Waals surface area contributed by atoms with Gasteiger partial charge in [-0.05, 0) is 6.16 Å². The average molecular weight is 270 g/mol. The quantitative estimate of drug-likeness (QED) is 0.615. The molecule has 0 fully saturated rings. The summed E-state index contributed by atoms with van der Waals surface area (Å²) in [5.41, 5.74) is 0. The predicted octanol–water partition coefficient (Wildman–Crippen LogP) is 3.07. The van der Waals surface area contributed by atoms with Gasteiger partial charge in [0.25, 0.3) is 0 Å². The number of carboxylic acids is 1. The second-order valence-corrected chi connectivity index (χ2v) is 5.51. The lowest BCUT2D eigenvalue weighted by Gasteiger charge is -2.20. The van der Waals surface area contributed by atoms with Crippen LogP contribution in [0.25, 0.3) is 0 Å². The molecular formula is C7H9F6O2P. The molecule has 9 heteroatoms. The van der Waals surface area contributed by atoms with Crippen LogP contribution in [0.1, 0.15) is 6.42 Å². The Morgan fingerprint density at radius 3 is 1.62 bits per heavy atom. The molecule has 0 radical (unpaired) electrons. The fourth-order valence-electron chi connectivity index (χ4n) is 0.975. The van der Waals surface area contributed by atoms with Crippen molar-refractivity contribution in [2.45, 2.75) is 18.8 Å². The second-order valence-electron chi connectivity index (χ2n) is 3.08. The molecule has 2 nitrogen and oxygen atoms in total. The van der Waals surface area contributed by atoms with Gasteiger partial charge in [0.2, 0.25) is 0 Å². The van der Waals surface area contributed by atoms with E-state index in [9.17, 15) is 31.1 Å². The summed E-state index contributed by atoms with van der Waals surface area (Å²) in [6, 6.07) is 0. The first kappa shape index (κ1) is 15.5. The summed E-state index contributed by atoms with van der Waals surface area (Å²) < 4.78 is 71.4. The lowest BCUT2D eigenvalue weighted by atomic mass is 10.5. The summed E-state index contributed by atoms with van der Waals surface area (Å²) in [4.78, 5) is 10.1. The molecule has 0 aromatic carbocycles. The summed E-state index contributed by atoms with van der Waals surface area (Å²) in [5.74, 6) is -1.39. The molecule has 0 aromatic rings. The van der Waals surface area contributed by atoms with Crippen molar-refractivity contribution in [1.82, 2.24) is 0 Å². The van der Waals surface area contributed by atoms with Gasteiger partial charge >= 0.3 is 18.3 Å². The van der Waals surface area contributed by atoms with Crippen LogP contribution < -0.4 is 0 Å². The van der Waals surface area contributed by atoms with Crippen LogP contribution in [-0.2, 0) is 4.79 Å². The Labute approximate surface area is 88.4 Å². The number of alkyl halides is 6. The van der Waals surface area contributed by atoms with Gasteiger partial charge in [0.1, 0.15) is 0 Å². The van der Waals surface area contributed by atoms with Crippen LogP contribution in [0.3, 0.4) is 0 Å². The summed E-state index contributed by atoms with van der Waals surface area (Å²) in [5, 5.41) is 8.21. The highest BCUT2D eigenvalue weighted by molar-refractivity contribution is 7.57. The zero-order valence-corrected chi connectivity index (χ0v) is 8.79. The topological polar surface area (TPSA) is 37.3 Å². The highest BCUT2D eigenvalue weighted by atomic mass is 31.1. The van der Waals surface area contributed by atoms with E-state index >= 15 is 0 Å². The first-order chi connectivity index (χ1) is 6.99. The Morgan fingerprint density at radius 2 is 1.38 bits per heavy atom. The Kier molecular flexibility index (Phi) is 5.52. The van der Waals surface area contributed by atoms with Gasteiger partial charge < -0.3 is 5.11 Å². The number of carboxylic acid groups (broad SMARTS) is 1. The van der Waals surface area contributed by atoms with Crippen molar-refractivity contribution in [3.63, 3.8) is 0 Å². The summed E-state index contributed by atoms with van der Waals surface area (Å²) in [6.45, 7) is 0. The minimum Gasteiger partial charge on any atom is -0.481 e. The molecule has 0 aliphatic rings. The Hall–Kier alpha value is -0.520. The molecule has 0 aliphatic carbocycles. The lowest BCUT2D eigenvalue weighted by molar-refractivity contribution is -0.136. The minimum absolute atomic E-state index is 0.566. The Balaban J connectivity index is 4.33. The van der Waals surface area contributed by atoms with Crippen LogP contribution in [0.4, 0.5) is 26.3 Å². The first-order valence-corrected chi connectivity index (χ1v) is 5.97. The molecule has 96 valence electrons. The number of rotatable bonds is 5. The SMILES string of the molecule is O=C(O)CCP(CC(F)(F)F)CC(F)(F)F. The van der Waals surface area contributed by atoms with E-state index < -0.39 is 51.2 Å². The van der Waals surface area contributed by atoms with E-state index in [-0.39, 0.29) is 0 Å². The first-order valence-electron chi connectivity index (χ1n) is 4.07. The van der Waals surface area contributed by atoms with E-state index in [2.05, 4.69) is 0 Å². The molecule has 0 rings (SSSR count). The van der Waals surface area contributed by atoms with E-state index in [1.54, 1.807) is 0 Å². The third-order valence-corrected chi connectivity index (χ3v) is 3.92. The third-order valence-electron chi connectivity index (χ3n) is 1.45. The van der Waals surface area contributed by atoms with Crippen molar-refractivity contribution in [2.24, 2.45) is 0 Å². The Morgan fingerprint density at radius 1 is 1.00 bits per heavy atom. The van der Waals surface area contributed by atoms with Gasteiger partial charge in [0.15, 0.2) is 0 Å². The zero-order chi connectivity index (χ0) is 13.0. The van der Waals surface area contributed by atoms with E-state index in [0.717, 1.165) is 0 Å². The van der Waals surface area contributed by atoms with Gasteiger partial charge in [0.05, 0.1) is 12.3 Å². The van der Waals surface area contributed by atoms with Crippen molar-refractivity contribution in [3.8, 4) is 0 Å². The summed E-state index contributed by atoms with van der Waals surface area (Å²) in [7, 11) is -2.40. The number of carbonyl (C=O) groups is 1. The molecule has 0 saturated carbocycles. The number of hydrogen-bond donors (Lipinski definition) is 1. The van der Waals surface area contributed by atoms with Crippen LogP contribution >= 0.6 is 7.92 Å². The molecule has 0 unspecified atom stereocenters. The highest BCUT2D eigenvalue weighted by Crippen LogP contribution is 2.46. The fourth-order valence-corrected chi connectivity index (χ4v) is 2.92. The molecule has 0 saturated heterocycles. The zero-order valence-electron chi connectivity index (χ0n) is 7.90. The van der Waals surface area contributed by atoms with Gasteiger partial charge in [-0.3, -0.25) is 4.79 Å². The molecule has 1 N–H and O–H groups in total. The largest absolute Gasteiger partial charge is 0.481 e. The normalized spacial score (nSPS) is 13.2. The van der Waals surface area contributed by atoms with Crippen molar-refractivity contribution in [1.29, 1.82) is 0 Å². The molecule has 0 aliphatic heterocycles. The van der Waals surface area contributed by atoms with E-state index in [4.69, 9.17) is 5.11 Å².